The number of carboxylic acids is 1. The molecule has 1 saturated heterocycles. The largest absolute Gasteiger partial charge is 0.481 e. The fourth-order valence-electron chi connectivity index (χ4n) is 0.420. The topological polar surface area (TPSA) is 67.8 Å². The summed E-state index contributed by atoms with van der Waals surface area (Å²) in [7, 11) is 0. The van der Waals surface area contributed by atoms with Crippen molar-refractivity contribution in [3.63, 3.8) is 0 Å². The second kappa shape index (κ2) is 3.02. The van der Waals surface area contributed by atoms with Crippen molar-refractivity contribution in [1.29, 1.82) is 0 Å². The zero-order valence-electron chi connectivity index (χ0n) is 4.53. The van der Waals surface area contributed by atoms with Gasteiger partial charge in [0.25, 0.3) is 0 Å². The fraction of sp³-hybridized carbons (Fsp3) is 0.667. The molecular formula is C3H7NO4S. The van der Waals surface area contributed by atoms with Crippen LogP contribution in [0.3, 0.4) is 0 Å². The SMILES string of the molecule is O=C(O)C[SH]1NCOO1. The third kappa shape index (κ3) is 2.19. The average Bonchev–Trinajstić information content (AvgIpc) is 2.15. The number of aliphatic carboxylic acids is 1. The van der Waals surface area contributed by atoms with E-state index in [-0.39, 0.29) is 5.75 Å². The Kier molecular flexibility index (Phi) is 2.29. The van der Waals surface area contributed by atoms with Crippen LogP contribution in [0.4, 0.5) is 0 Å². The predicted molar refractivity (Wildman–Crippen MR) is 31.7 cm³/mol. The van der Waals surface area contributed by atoms with Crippen molar-refractivity contribution < 1.29 is 19.1 Å². The van der Waals surface area contributed by atoms with E-state index >= 15 is 0 Å². The van der Waals surface area contributed by atoms with Crippen LogP contribution in [0, 0.1) is 0 Å². The molecule has 0 saturated carbocycles. The summed E-state index contributed by atoms with van der Waals surface area (Å²) in [5.41, 5.74) is 0. The monoisotopic (exact) mass is 153 g/mol. The van der Waals surface area contributed by atoms with Crippen molar-refractivity contribution in [2.45, 2.75) is 0 Å². The van der Waals surface area contributed by atoms with Gasteiger partial charge in [-0.1, -0.05) is 0 Å². The lowest BCUT2D eigenvalue weighted by Crippen LogP contribution is -2.10. The van der Waals surface area contributed by atoms with E-state index in [4.69, 9.17) is 5.11 Å². The van der Waals surface area contributed by atoms with E-state index in [1.54, 1.807) is 0 Å². The molecule has 1 rings (SSSR count). The van der Waals surface area contributed by atoms with Gasteiger partial charge in [0.15, 0.2) is 0 Å². The van der Waals surface area contributed by atoms with Gasteiger partial charge in [-0.15, -0.1) is 0 Å². The van der Waals surface area contributed by atoms with Crippen LogP contribution in [-0.4, -0.2) is 23.6 Å². The van der Waals surface area contributed by atoms with Crippen LogP contribution >= 0.6 is 11.4 Å². The van der Waals surface area contributed by atoms with Crippen LogP contribution < -0.4 is 4.72 Å². The summed E-state index contributed by atoms with van der Waals surface area (Å²) in [6.45, 7) is 0.291. The number of thiol groups is 1. The van der Waals surface area contributed by atoms with Crippen molar-refractivity contribution >= 4 is 17.3 Å². The van der Waals surface area contributed by atoms with E-state index in [1.807, 2.05) is 0 Å². The summed E-state index contributed by atoms with van der Waals surface area (Å²) in [5, 5.41) is 8.21. The highest BCUT2D eigenvalue weighted by Gasteiger charge is 2.14. The van der Waals surface area contributed by atoms with Gasteiger partial charge in [-0.2, -0.15) is 4.33 Å². The third-order valence-corrected chi connectivity index (χ3v) is 2.05. The first-order chi connectivity index (χ1) is 4.29. The van der Waals surface area contributed by atoms with Gasteiger partial charge in [0, 0.05) is 0 Å². The Labute approximate surface area is 54.6 Å². The maximum Gasteiger partial charge on any atom is 0.315 e. The first kappa shape index (κ1) is 6.81. The Balaban J connectivity index is 2.19. The Morgan fingerprint density at radius 1 is 1.89 bits per heavy atom. The summed E-state index contributed by atoms with van der Waals surface area (Å²) >= 11 is -1.06. The maximum atomic E-state index is 10.00. The smallest absolute Gasteiger partial charge is 0.315 e. The molecule has 0 spiro atoms. The average molecular weight is 153 g/mol. The molecule has 9 heavy (non-hydrogen) atoms. The summed E-state index contributed by atoms with van der Waals surface area (Å²) in [4.78, 5) is 14.4. The molecule has 0 aromatic rings. The van der Waals surface area contributed by atoms with Crippen molar-refractivity contribution in [3.8, 4) is 0 Å². The lowest BCUT2D eigenvalue weighted by molar-refractivity contribution is -0.174. The number of rotatable bonds is 2. The minimum atomic E-state index is -1.06. The zero-order valence-corrected chi connectivity index (χ0v) is 5.43. The van der Waals surface area contributed by atoms with Gasteiger partial charge in [-0.05, 0) is 11.4 Å². The van der Waals surface area contributed by atoms with Crippen molar-refractivity contribution in [1.82, 2.24) is 4.72 Å². The molecule has 0 aromatic heterocycles. The molecule has 0 bridgehead atoms. The van der Waals surface area contributed by atoms with Crippen molar-refractivity contribution in [3.05, 3.63) is 0 Å². The van der Waals surface area contributed by atoms with Gasteiger partial charge >= 0.3 is 5.97 Å². The molecule has 0 aromatic carbocycles. The van der Waals surface area contributed by atoms with Gasteiger partial charge in [0.05, 0.1) is 0 Å². The lowest BCUT2D eigenvalue weighted by Gasteiger charge is -2.05. The minimum Gasteiger partial charge on any atom is -0.481 e. The number of hydrogen-bond donors (Lipinski definition) is 3. The van der Waals surface area contributed by atoms with E-state index in [2.05, 4.69) is 13.9 Å². The maximum absolute atomic E-state index is 10.00. The normalized spacial score (nSPS) is 30.4. The summed E-state index contributed by atoms with van der Waals surface area (Å²) < 4.78 is 7.26. The second-order valence-corrected chi connectivity index (χ2v) is 2.96. The quantitative estimate of drug-likeness (QED) is 0.365. The molecule has 1 heterocycles. The summed E-state index contributed by atoms with van der Waals surface area (Å²) in [6, 6.07) is 0. The number of nitrogens with one attached hydrogen (secondary N) is 1. The Morgan fingerprint density at radius 2 is 2.67 bits per heavy atom. The molecule has 1 unspecified atom stereocenters. The van der Waals surface area contributed by atoms with Crippen LogP contribution in [0.15, 0.2) is 0 Å². The molecule has 5 nitrogen and oxygen atoms in total. The van der Waals surface area contributed by atoms with Crippen molar-refractivity contribution in [2.24, 2.45) is 0 Å². The molecule has 0 amide bonds. The van der Waals surface area contributed by atoms with E-state index in [9.17, 15) is 4.79 Å². The van der Waals surface area contributed by atoms with Gasteiger partial charge in [0.1, 0.15) is 12.5 Å². The predicted octanol–water partition coefficient (Wildman–Crippen LogP) is -0.589. The Hall–Kier alpha value is -0.300. The van der Waals surface area contributed by atoms with Crippen LogP contribution in [-0.2, 0) is 14.0 Å². The van der Waals surface area contributed by atoms with Crippen LogP contribution in [0.2, 0.25) is 0 Å². The number of carbonyl (C=O) groups is 1. The van der Waals surface area contributed by atoms with E-state index < -0.39 is 17.3 Å². The Bertz CT molecular complexity index is 112. The molecule has 1 fully saturated rings. The van der Waals surface area contributed by atoms with Gasteiger partial charge < -0.3 is 5.11 Å². The number of carboxylic acid groups (broad SMARTS) is 1. The van der Waals surface area contributed by atoms with E-state index in [0.29, 0.717) is 6.73 Å². The molecule has 54 valence electrons. The summed E-state index contributed by atoms with van der Waals surface area (Å²) in [6.07, 6.45) is 0. The van der Waals surface area contributed by atoms with Crippen LogP contribution in [0.5, 0.6) is 0 Å². The molecule has 1 atom stereocenters. The highest BCUT2D eigenvalue weighted by molar-refractivity contribution is 8.11. The molecule has 1 aliphatic heterocycles. The highest BCUT2D eigenvalue weighted by Crippen LogP contribution is 2.25. The van der Waals surface area contributed by atoms with E-state index in [1.165, 1.54) is 0 Å². The third-order valence-electron chi connectivity index (χ3n) is 0.721. The molecular weight excluding hydrogens is 146 g/mol. The first-order valence-corrected chi connectivity index (χ1v) is 3.76. The van der Waals surface area contributed by atoms with Gasteiger partial charge in [0.2, 0.25) is 0 Å². The standard InChI is InChI=1S/C3H7NO4S/c5-3(6)1-9-4-2-7-8-9/h4,9H,1-2H2,(H,5,6). The van der Waals surface area contributed by atoms with Gasteiger partial charge in [-0.3, -0.25) is 4.79 Å². The molecule has 6 heteroatoms. The number of hydrogen-bond acceptors (Lipinski definition) is 4. The first-order valence-electron chi connectivity index (χ1n) is 2.31. The van der Waals surface area contributed by atoms with E-state index in [0.717, 1.165) is 0 Å². The Morgan fingerprint density at radius 3 is 3.11 bits per heavy atom. The van der Waals surface area contributed by atoms with Gasteiger partial charge in [-0.25, -0.2) is 9.61 Å². The molecule has 2 N–H and O–H groups in total. The van der Waals surface area contributed by atoms with Crippen LogP contribution in [0.1, 0.15) is 0 Å². The molecule has 1 aliphatic rings. The molecule has 0 radical (unpaired) electrons. The summed E-state index contributed by atoms with van der Waals surface area (Å²) in [5.74, 6) is -0.880. The second-order valence-electron chi connectivity index (χ2n) is 1.43. The zero-order chi connectivity index (χ0) is 6.69. The van der Waals surface area contributed by atoms with Crippen molar-refractivity contribution in [2.75, 3.05) is 12.5 Å². The van der Waals surface area contributed by atoms with Crippen LogP contribution in [0.25, 0.3) is 0 Å². The minimum absolute atomic E-state index is 0.00463. The highest BCUT2D eigenvalue weighted by atomic mass is 32.2. The lowest BCUT2D eigenvalue weighted by atomic mass is 10.8. The fourth-order valence-corrected chi connectivity index (χ4v) is 1.26. The molecule has 0 aliphatic carbocycles.